The number of carbonyl (C=O) groups excluding carboxylic acids is 1. The van der Waals surface area contributed by atoms with E-state index in [9.17, 15) is 14.6 Å². The Kier molecular flexibility index (Phi) is 3.32. The van der Waals surface area contributed by atoms with E-state index in [1.807, 2.05) is 0 Å². The van der Waals surface area contributed by atoms with E-state index >= 15 is 0 Å². The normalized spacial score (nSPS) is 21.6. The quantitative estimate of drug-likeness (QED) is 0.453. The van der Waals surface area contributed by atoms with E-state index in [2.05, 4.69) is 15.3 Å². The van der Waals surface area contributed by atoms with Crippen LogP contribution in [0.25, 0.3) is 0 Å². The van der Waals surface area contributed by atoms with Crippen LogP contribution in [-0.4, -0.2) is 48.8 Å². The summed E-state index contributed by atoms with van der Waals surface area (Å²) >= 11 is 0. The number of carbonyl (C=O) groups is 1. The molecule has 1 saturated heterocycles. The fraction of sp³-hybridized carbons (Fsp3) is 0.833. The van der Waals surface area contributed by atoms with Crippen molar-refractivity contribution < 1.29 is 9.53 Å². The Morgan fingerprint density at radius 3 is 2.57 bits per heavy atom. The van der Waals surface area contributed by atoms with Gasteiger partial charge in [-0.3, -0.25) is 5.01 Å². The van der Waals surface area contributed by atoms with Gasteiger partial charge in [0.25, 0.3) is 0 Å². The van der Waals surface area contributed by atoms with E-state index in [1.54, 1.807) is 0 Å². The molecule has 14 heavy (non-hydrogen) atoms. The van der Waals surface area contributed by atoms with Crippen molar-refractivity contribution in [1.82, 2.24) is 10.0 Å². The maximum absolute atomic E-state index is 11.2. The Bertz CT molecular complexity index is 246. The number of hydrogen-bond acceptors (Lipinski definition) is 6. The number of esters is 1. The summed E-state index contributed by atoms with van der Waals surface area (Å²) in [6.07, 6.45) is 0. The zero-order chi connectivity index (χ0) is 10.6. The molecule has 0 amide bonds. The third kappa shape index (κ3) is 1.95. The van der Waals surface area contributed by atoms with Crippen LogP contribution in [-0.2, 0) is 9.53 Å². The second kappa shape index (κ2) is 4.49. The number of piperazine rings is 1. The van der Waals surface area contributed by atoms with Crippen LogP contribution in [0, 0.1) is 9.81 Å². The first-order valence-electron chi connectivity index (χ1n) is 3.99. The molecule has 0 aromatic carbocycles. The van der Waals surface area contributed by atoms with Gasteiger partial charge in [0.1, 0.15) is 0 Å². The average Bonchev–Trinajstić information content (AvgIpc) is 2.27. The van der Waals surface area contributed by atoms with Crippen LogP contribution in [0.3, 0.4) is 0 Å². The summed E-state index contributed by atoms with van der Waals surface area (Å²) in [5, 5.41) is 7.57. The minimum Gasteiger partial charge on any atom is -0.467 e. The summed E-state index contributed by atoms with van der Waals surface area (Å²) in [5.41, 5.74) is 0. The monoisotopic (exact) mass is 202 g/mol. The molecular weight excluding hydrogens is 192 g/mol. The lowest BCUT2D eigenvalue weighted by atomic mass is 10.2. The lowest BCUT2D eigenvalue weighted by molar-refractivity contribution is -0.149. The highest BCUT2D eigenvalue weighted by atomic mass is 16.5. The second-order valence-electron chi connectivity index (χ2n) is 2.78. The predicted octanol–water partition coefficient (Wildman–Crippen LogP) is -0.492. The Hall–Kier alpha value is -1.73. The Balaban J connectivity index is 2.69. The lowest BCUT2D eigenvalue weighted by Gasteiger charge is -2.32. The van der Waals surface area contributed by atoms with E-state index in [4.69, 9.17) is 0 Å². The maximum atomic E-state index is 11.2. The molecule has 0 radical (unpaired) electrons. The van der Waals surface area contributed by atoms with Gasteiger partial charge >= 0.3 is 5.97 Å². The first kappa shape index (κ1) is 10.4. The predicted molar refractivity (Wildman–Crippen MR) is 45.7 cm³/mol. The van der Waals surface area contributed by atoms with Crippen molar-refractivity contribution in [3.05, 3.63) is 9.81 Å². The highest BCUT2D eigenvalue weighted by Crippen LogP contribution is 2.11. The van der Waals surface area contributed by atoms with Crippen molar-refractivity contribution in [3.8, 4) is 0 Å². The van der Waals surface area contributed by atoms with Gasteiger partial charge in [0.05, 0.1) is 37.3 Å². The van der Waals surface area contributed by atoms with Gasteiger partial charge in [-0.15, -0.1) is 9.81 Å². The van der Waals surface area contributed by atoms with Crippen molar-refractivity contribution in [3.63, 3.8) is 0 Å². The molecule has 0 spiro atoms. The van der Waals surface area contributed by atoms with Crippen LogP contribution >= 0.6 is 0 Å². The van der Waals surface area contributed by atoms with Gasteiger partial charge in [0, 0.05) is 0 Å². The van der Waals surface area contributed by atoms with Crippen molar-refractivity contribution in [2.24, 2.45) is 10.6 Å². The number of methoxy groups -OCH3 is 1. The van der Waals surface area contributed by atoms with Gasteiger partial charge < -0.3 is 4.74 Å². The SMILES string of the molecule is COC(=O)C1CN(N=O)CCN1N=O. The van der Waals surface area contributed by atoms with Crippen molar-refractivity contribution >= 4 is 5.97 Å². The molecule has 1 aliphatic heterocycles. The van der Waals surface area contributed by atoms with Crippen molar-refractivity contribution in [1.29, 1.82) is 0 Å². The summed E-state index contributed by atoms with van der Waals surface area (Å²) in [6.45, 7) is 0.500. The molecule has 0 saturated carbocycles. The van der Waals surface area contributed by atoms with E-state index in [-0.39, 0.29) is 19.6 Å². The summed E-state index contributed by atoms with van der Waals surface area (Å²) in [5.74, 6) is -0.599. The van der Waals surface area contributed by atoms with E-state index in [0.29, 0.717) is 0 Å². The minimum atomic E-state index is -0.844. The van der Waals surface area contributed by atoms with Crippen LogP contribution < -0.4 is 0 Å². The first-order chi connectivity index (χ1) is 6.72. The molecular formula is C6H10N4O4. The molecule has 1 heterocycles. The third-order valence-corrected chi connectivity index (χ3v) is 2.02. The number of hydrogen-bond donors (Lipinski definition) is 0. The summed E-state index contributed by atoms with van der Waals surface area (Å²) in [4.78, 5) is 31.7. The molecule has 8 nitrogen and oxygen atoms in total. The summed E-state index contributed by atoms with van der Waals surface area (Å²) in [7, 11) is 1.21. The highest BCUT2D eigenvalue weighted by Gasteiger charge is 2.33. The minimum absolute atomic E-state index is 0.0297. The molecule has 0 aromatic heterocycles. The fourth-order valence-corrected chi connectivity index (χ4v) is 1.26. The van der Waals surface area contributed by atoms with Gasteiger partial charge in [-0.2, -0.15) is 0 Å². The summed E-state index contributed by atoms with van der Waals surface area (Å²) in [6, 6.07) is -0.844. The van der Waals surface area contributed by atoms with Crippen molar-refractivity contribution in [2.45, 2.75) is 6.04 Å². The molecule has 0 aromatic rings. The molecule has 1 fully saturated rings. The van der Waals surface area contributed by atoms with Crippen LogP contribution in [0.15, 0.2) is 10.6 Å². The van der Waals surface area contributed by atoms with Gasteiger partial charge in [0.2, 0.25) is 0 Å². The first-order valence-corrected chi connectivity index (χ1v) is 3.99. The molecule has 1 rings (SSSR count). The lowest BCUT2D eigenvalue weighted by Crippen LogP contribution is -2.52. The third-order valence-electron chi connectivity index (χ3n) is 2.02. The van der Waals surface area contributed by atoms with Crippen LogP contribution in [0.4, 0.5) is 0 Å². The maximum Gasteiger partial charge on any atom is 0.332 e. The number of ether oxygens (including phenoxy) is 1. The Morgan fingerprint density at radius 1 is 1.36 bits per heavy atom. The standard InChI is InChI=1S/C6H10N4O4/c1-14-6(11)5-4-9(7-12)2-3-10(5)8-13/h5H,2-4H2,1H3. The number of nitroso groups, excluding NO2 is 2. The van der Waals surface area contributed by atoms with Gasteiger partial charge in [-0.25, -0.2) is 9.80 Å². The van der Waals surface area contributed by atoms with Gasteiger partial charge in [-0.05, 0) is 0 Å². The van der Waals surface area contributed by atoms with Crippen LogP contribution in [0.5, 0.6) is 0 Å². The fourth-order valence-electron chi connectivity index (χ4n) is 1.26. The Morgan fingerprint density at radius 2 is 2.07 bits per heavy atom. The average molecular weight is 202 g/mol. The molecule has 1 aliphatic rings. The molecule has 8 heteroatoms. The number of nitrogens with zero attached hydrogens (tertiary/aromatic N) is 4. The molecule has 0 N–H and O–H groups in total. The van der Waals surface area contributed by atoms with Gasteiger partial charge in [-0.1, -0.05) is 0 Å². The Labute approximate surface area is 79.7 Å². The molecule has 0 bridgehead atoms. The molecule has 1 atom stereocenters. The topological polar surface area (TPSA) is 91.6 Å². The smallest absolute Gasteiger partial charge is 0.332 e. The van der Waals surface area contributed by atoms with E-state index in [1.165, 1.54) is 7.11 Å². The zero-order valence-electron chi connectivity index (χ0n) is 7.62. The van der Waals surface area contributed by atoms with E-state index < -0.39 is 12.0 Å². The molecule has 0 aliphatic carbocycles. The van der Waals surface area contributed by atoms with Crippen LogP contribution in [0.2, 0.25) is 0 Å². The molecule has 1 unspecified atom stereocenters. The summed E-state index contributed by atoms with van der Waals surface area (Å²) < 4.78 is 4.46. The zero-order valence-corrected chi connectivity index (χ0v) is 7.62. The van der Waals surface area contributed by atoms with Gasteiger partial charge in [0.15, 0.2) is 6.04 Å². The second-order valence-corrected chi connectivity index (χ2v) is 2.78. The van der Waals surface area contributed by atoms with Crippen molar-refractivity contribution in [2.75, 3.05) is 26.7 Å². The number of rotatable bonds is 3. The van der Waals surface area contributed by atoms with Crippen LogP contribution in [0.1, 0.15) is 0 Å². The highest BCUT2D eigenvalue weighted by molar-refractivity contribution is 5.76. The molecule has 78 valence electrons. The largest absolute Gasteiger partial charge is 0.467 e. The van der Waals surface area contributed by atoms with E-state index in [0.717, 1.165) is 10.0 Å².